The van der Waals surface area contributed by atoms with Crippen LogP contribution in [0.3, 0.4) is 0 Å². The van der Waals surface area contributed by atoms with Crippen LogP contribution in [0, 0.1) is 0 Å². The standard InChI is InChI=1S/C31H29ClN4O6S.C25H32BClN2O6.C19H20BrClN2O4/c1-31(2,3)41-30(39)35-9-7-22-21(15-35)28(42-34-22)24-11-16-10-17(32)12-20(27(16)40-24)19-6-8-33-23-13-18(43-29(19)23)14-36-25(37)4-5-26(36)38;1-23(2,3)32-22(30)29-9-8-18-16(13-29)21(33-28-18)19-11-14-10-15(27)12-17(20(14)31-19)26-34-24(4,5)25(6,7)35-26;1-19(2,3)26-18(24)23-5-4-14-12(9-23)17(27-22-14)15-7-10-6-11(21)8-13(20)16(10)25-15/h6,8,10,12-13,24H,4-5,7,9,11,14-15H2,1-3H3;10,12,19H,8-9,11,13H2,1-7H3;6,8,15H,4-5,7,9H2,1-3H3/t24-;19-;15-/m111/s1. The number of amides is 5. The van der Waals surface area contributed by atoms with E-state index in [-0.39, 0.29) is 61.7 Å². The van der Waals surface area contributed by atoms with Gasteiger partial charge in [0.25, 0.3) is 0 Å². The predicted octanol–water partition coefficient (Wildman–Crippen LogP) is 15.9. The molecule has 0 N–H and O–H groups in total. The fourth-order valence-corrected chi connectivity index (χ4v) is 16.5. The molecule has 0 saturated carbocycles. The van der Waals surface area contributed by atoms with Crippen LogP contribution in [0.1, 0.15) is 194 Å². The Morgan fingerprint density at radius 2 is 0.971 bits per heavy atom. The number of halogens is 4. The molecule has 2 saturated heterocycles. The summed E-state index contributed by atoms with van der Waals surface area (Å²) in [5, 5.41) is 14.6. The third-order valence-corrected chi connectivity index (χ3v) is 21.9. The number of benzene rings is 3. The third kappa shape index (κ3) is 15.4. The molecule has 8 aliphatic heterocycles. The first-order valence-corrected chi connectivity index (χ1v) is 37.8. The Morgan fingerprint density at radius 1 is 0.562 bits per heavy atom. The molecule has 24 nitrogen and oxygen atoms in total. The van der Waals surface area contributed by atoms with Crippen LogP contribution in [0.4, 0.5) is 14.4 Å². The minimum absolute atomic E-state index is 0.147. The van der Waals surface area contributed by atoms with Gasteiger partial charge in [0.2, 0.25) is 11.8 Å². The van der Waals surface area contributed by atoms with Gasteiger partial charge in [0.05, 0.1) is 69.2 Å². The molecule has 554 valence electrons. The van der Waals surface area contributed by atoms with Gasteiger partial charge in [0, 0.05) is 142 Å². The lowest BCUT2D eigenvalue weighted by Gasteiger charge is -2.32. The molecule has 8 aliphatic rings. The van der Waals surface area contributed by atoms with E-state index in [2.05, 4.69) is 36.4 Å². The number of imide groups is 1. The number of hydrogen-bond donors (Lipinski definition) is 0. The molecule has 2 fully saturated rings. The van der Waals surface area contributed by atoms with E-state index < -0.39 is 41.2 Å². The molecule has 0 aliphatic carbocycles. The number of ether oxygens (including phenoxy) is 6. The fraction of sp³-hybridized carbons (Fsp3) is 0.480. The maximum atomic E-state index is 12.8. The van der Waals surface area contributed by atoms with Gasteiger partial charge >= 0.3 is 25.4 Å². The summed E-state index contributed by atoms with van der Waals surface area (Å²) < 4.78 is 67.3. The number of hydrogen-bond acceptors (Lipinski definition) is 21. The lowest BCUT2D eigenvalue weighted by Crippen LogP contribution is -2.41. The number of pyridine rings is 1. The van der Waals surface area contributed by atoms with Gasteiger partial charge < -0.3 is 66.0 Å². The van der Waals surface area contributed by atoms with E-state index >= 15 is 0 Å². The van der Waals surface area contributed by atoms with Crippen LogP contribution in [0.5, 0.6) is 17.2 Å². The molecular weight excluding hydrogens is 1500 g/mol. The summed E-state index contributed by atoms with van der Waals surface area (Å²) in [4.78, 5) is 74.1. The summed E-state index contributed by atoms with van der Waals surface area (Å²) in [5.41, 5.74) is 8.69. The summed E-state index contributed by atoms with van der Waals surface area (Å²) in [6.45, 7) is 27.7. The number of rotatable bonds is 7. The fourth-order valence-electron chi connectivity index (χ4n) is 13.9. The van der Waals surface area contributed by atoms with Gasteiger partial charge in [-0.3, -0.25) is 19.5 Å². The second-order valence-electron chi connectivity index (χ2n) is 31.4. The van der Waals surface area contributed by atoms with E-state index in [1.807, 2.05) is 139 Å². The molecule has 0 radical (unpaired) electrons. The van der Waals surface area contributed by atoms with E-state index in [9.17, 15) is 24.0 Å². The smallest absolute Gasteiger partial charge is 0.482 e. The topological polar surface area (TPSA) is 263 Å². The van der Waals surface area contributed by atoms with Gasteiger partial charge in [-0.1, -0.05) is 50.3 Å². The first-order valence-electron chi connectivity index (χ1n) is 35.0. The van der Waals surface area contributed by atoms with Crippen molar-refractivity contribution in [2.24, 2.45) is 0 Å². The Morgan fingerprint density at radius 3 is 1.43 bits per heavy atom. The quantitative estimate of drug-likeness (QED) is 0.0815. The zero-order valence-electron chi connectivity index (χ0n) is 60.6. The molecular formula is C75H81BBrCl3N8O16S. The normalized spacial score (nSPS) is 19.8. The maximum absolute atomic E-state index is 12.8. The number of nitrogens with zero attached hydrogens (tertiary/aromatic N) is 8. The van der Waals surface area contributed by atoms with Crippen molar-refractivity contribution in [2.75, 3.05) is 19.6 Å². The molecule has 0 bridgehead atoms. The Bertz CT molecular complexity index is 4770. The molecule has 3 aromatic carbocycles. The van der Waals surface area contributed by atoms with Crippen molar-refractivity contribution >= 4 is 115 Å². The second kappa shape index (κ2) is 28.0. The Hall–Kier alpha value is -7.92. The molecule has 0 spiro atoms. The number of likely N-dealkylation sites (tertiary alicyclic amines) is 1. The van der Waals surface area contributed by atoms with Gasteiger partial charge in [0.15, 0.2) is 35.6 Å². The molecule has 30 heteroatoms. The largest absolute Gasteiger partial charge is 0.498 e. The molecule has 8 aromatic rings. The highest BCUT2D eigenvalue weighted by Gasteiger charge is 2.54. The molecule has 0 unspecified atom stereocenters. The SMILES string of the molecule is CC(C)(C)OC(=O)N1CCc2noc([C@H]3Cc4cc(Cl)cc(-c5ccnc6cc(CN7C(=O)CCC7=O)sc56)c4O3)c2C1.CC(C)(C)OC(=O)N1CCc2noc([C@H]3Cc4cc(Cl)cc(B5OC(C)(C)C(C)(C)O5)c4O3)c2C1.CC(C)(C)OC(=O)N1CCc2noc([C@H]3Cc4cc(Cl)cc(Br)c4O3)c2C1. The summed E-state index contributed by atoms with van der Waals surface area (Å²) >= 11 is 24.3. The number of aromatic nitrogens is 4. The average molecular weight is 1580 g/mol. The Kier molecular flexibility index (Phi) is 19.7. The summed E-state index contributed by atoms with van der Waals surface area (Å²) in [6, 6.07) is 15.1. The lowest BCUT2D eigenvalue weighted by molar-refractivity contribution is -0.139. The van der Waals surface area contributed by atoms with Crippen LogP contribution in [0.15, 0.2) is 72.8 Å². The zero-order valence-corrected chi connectivity index (χ0v) is 65.3. The summed E-state index contributed by atoms with van der Waals surface area (Å²) in [7, 11) is -0.600. The van der Waals surface area contributed by atoms with Gasteiger partial charge in [-0.05, 0) is 160 Å². The average Bonchev–Trinajstić information content (AvgIpc) is 1.61. The molecule has 5 amide bonds. The second-order valence-corrected chi connectivity index (χ2v) is 34.7. The van der Waals surface area contributed by atoms with Crippen molar-refractivity contribution in [2.45, 2.75) is 214 Å². The van der Waals surface area contributed by atoms with Crippen molar-refractivity contribution in [1.29, 1.82) is 0 Å². The van der Waals surface area contributed by atoms with E-state index in [1.54, 1.807) is 20.9 Å². The van der Waals surface area contributed by atoms with E-state index in [4.69, 9.17) is 86.1 Å². The third-order valence-electron chi connectivity index (χ3n) is 19.5. The van der Waals surface area contributed by atoms with Gasteiger partial charge in [0.1, 0.15) is 34.1 Å². The number of fused-ring (bicyclic) bond motifs is 7. The van der Waals surface area contributed by atoms with Crippen LogP contribution in [-0.4, -0.2) is 125 Å². The van der Waals surface area contributed by atoms with Crippen LogP contribution in [0.25, 0.3) is 21.3 Å². The number of carbonyl (C=O) groups excluding carboxylic acids is 5. The lowest BCUT2D eigenvalue weighted by atomic mass is 9.77. The van der Waals surface area contributed by atoms with E-state index in [1.165, 1.54) is 16.2 Å². The minimum atomic E-state index is -0.600. The minimum Gasteiger partial charge on any atom is -0.482 e. The monoisotopic (exact) mass is 1580 g/mol. The molecule has 16 rings (SSSR count). The first kappa shape index (κ1) is 74.0. The first-order chi connectivity index (χ1) is 49.5. The van der Waals surface area contributed by atoms with E-state index in [0.717, 1.165) is 92.4 Å². The van der Waals surface area contributed by atoms with Crippen LogP contribution in [-0.2, 0) is 97.8 Å². The van der Waals surface area contributed by atoms with E-state index in [0.29, 0.717) is 122 Å². The summed E-state index contributed by atoms with van der Waals surface area (Å²) in [6.07, 6.45) is 3.62. The highest BCUT2D eigenvalue weighted by molar-refractivity contribution is 9.10. The number of thiophene rings is 1. The summed E-state index contributed by atoms with van der Waals surface area (Å²) in [5.74, 6) is 3.76. The maximum Gasteiger partial charge on any atom is 0.498 e. The van der Waals surface area contributed by atoms with Gasteiger partial charge in [-0.2, -0.15) is 0 Å². The van der Waals surface area contributed by atoms with Crippen molar-refractivity contribution in [3.8, 4) is 28.4 Å². The van der Waals surface area contributed by atoms with Crippen LogP contribution < -0.4 is 19.7 Å². The van der Waals surface area contributed by atoms with Crippen molar-refractivity contribution in [1.82, 2.24) is 40.1 Å². The van der Waals surface area contributed by atoms with Crippen molar-refractivity contribution in [3.05, 3.63) is 147 Å². The van der Waals surface area contributed by atoms with Crippen LogP contribution >= 0.6 is 62.1 Å². The molecule has 5 aromatic heterocycles. The molecule has 3 atom stereocenters. The number of carbonyl (C=O) groups is 5. The predicted molar refractivity (Wildman–Crippen MR) is 393 cm³/mol. The van der Waals surface area contributed by atoms with Gasteiger partial charge in [-0.25, -0.2) is 14.4 Å². The zero-order chi connectivity index (χ0) is 74.7. The Labute approximate surface area is 635 Å². The Balaban J connectivity index is 0.000000136. The molecule has 13 heterocycles. The highest BCUT2D eigenvalue weighted by Crippen LogP contribution is 2.50. The van der Waals surface area contributed by atoms with Crippen molar-refractivity contribution in [3.63, 3.8) is 0 Å². The van der Waals surface area contributed by atoms with Gasteiger partial charge in [-0.15, -0.1) is 11.3 Å². The van der Waals surface area contributed by atoms with Crippen LogP contribution in [0.2, 0.25) is 15.1 Å². The van der Waals surface area contributed by atoms with Crippen molar-refractivity contribution < 1.29 is 75.3 Å². The highest BCUT2D eigenvalue weighted by atomic mass is 79.9. The molecule has 105 heavy (non-hydrogen) atoms.